The van der Waals surface area contributed by atoms with Gasteiger partial charge in [0.2, 0.25) is 0 Å². The van der Waals surface area contributed by atoms with Gasteiger partial charge in [0.25, 0.3) is 10.0 Å². The molecule has 0 unspecified atom stereocenters. The summed E-state index contributed by atoms with van der Waals surface area (Å²) in [4.78, 5) is 0.240. The Morgan fingerprint density at radius 2 is 1.81 bits per heavy atom. The number of aryl methyl sites for hydroxylation is 3. The van der Waals surface area contributed by atoms with Crippen molar-refractivity contribution in [1.29, 1.82) is 0 Å². The molecule has 0 atom stereocenters. The van der Waals surface area contributed by atoms with Gasteiger partial charge < -0.3 is 4.74 Å². The van der Waals surface area contributed by atoms with Crippen LogP contribution in [0.5, 0.6) is 5.75 Å². The lowest BCUT2D eigenvalue weighted by Gasteiger charge is -2.19. The maximum Gasteiger partial charge on any atom is 0.264 e. The minimum absolute atomic E-state index is 0.240. The van der Waals surface area contributed by atoms with Gasteiger partial charge in [-0.25, -0.2) is 8.42 Å². The molecule has 2 aromatic rings. The number of hydrogen-bond acceptors (Lipinski definition) is 4. The van der Waals surface area contributed by atoms with Gasteiger partial charge >= 0.3 is 0 Å². The summed E-state index contributed by atoms with van der Waals surface area (Å²) in [6, 6.07) is 3.24. The van der Waals surface area contributed by atoms with Crippen LogP contribution in [0.1, 0.15) is 11.1 Å². The van der Waals surface area contributed by atoms with Crippen LogP contribution in [0.4, 0.5) is 5.69 Å². The average Bonchev–Trinajstić information content (AvgIpc) is 2.84. The molecule has 7 heteroatoms. The minimum atomic E-state index is -3.62. The highest BCUT2D eigenvalue weighted by molar-refractivity contribution is 7.92. The number of ether oxygens (including phenoxy) is 1. The van der Waals surface area contributed by atoms with Crippen molar-refractivity contribution >= 4 is 15.7 Å². The molecule has 6 nitrogen and oxygen atoms in total. The zero-order chi connectivity index (χ0) is 15.8. The number of rotatable bonds is 4. The Morgan fingerprint density at radius 1 is 1.24 bits per heavy atom. The van der Waals surface area contributed by atoms with E-state index < -0.39 is 10.0 Å². The van der Waals surface area contributed by atoms with Gasteiger partial charge in [0.05, 0.1) is 23.9 Å². The summed E-state index contributed by atoms with van der Waals surface area (Å²) in [5, 5.41) is 4.00. The van der Waals surface area contributed by atoms with E-state index >= 15 is 0 Å². The number of methoxy groups -OCH3 is 1. The Morgan fingerprint density at radius 3 is 2.24 bits per heavy atom. The van der Waals surface area contributed by atoms with E-state index in [0.717, 1.165) is 11.1 Å². The van der Waals surface area contributed by atoms with Crippen molar-refractivity contribution in [2.45, 2.75) is 18.7 Å². The highest BCUT2D eigenvalue weighted by Crippen LogP contribution is 2.29. The highest BCUT2D eigenvalue weighted by atomic mass is 32.2. The van der Waals surface area contributed by atoms with Crippen molar-refractivity contribution in [3.05, 3.63) is 35.7 Å². The number of hydrogen-bond donors (Lipinski definition) is 0. The van der Waals surface area contributed by atoms with Crippen molar-refractivity contribution < 1.29 is 13.2 Å². The summed E-state index contributed by atoms with van der Waals surface area (Å²) in [5.74, 6) is 0.706. The molecule has 0 radical (unpaired) electrons. The second-order valence-electron chi connectivity index (χ2n) is 4.94. The zero-order valence-electron chi connectivity index (χ0n) is 12.8. The van der Waals surface area contributed by atoms with Crippen LogP contribution in [0, 0.1) is 13.8 Å². The third-order valence-corrected chi connectivity index (χ3v) is 5.11. The maximum absolute atomic E-state index is 12.7. The van der Waals surface area contributed by atoms with Gasteiger partial charge in [-0.15, -0.1) is 0 Å². The predicted octanol–water partition coefficient (Wildman–Crippen LogP) is 1.87. The summed E-state index contributed by atoms with van der Waals surface area (Å²) in [5.41, 5.74) is 2.09. The number of nitrogens with zero attached hydrogens (tertiary/aromatic N) is 3. The molecule has 2 rings (SSSR count). The van der Waals surface area contributed by atoms with E-state index in [9.17, 15) is 8.42 Å². The topological polar surface area (TPSA) is 64.4 Å². The van der Waals surface area contributed by atoms with E-state index in [4.69, 9.17) is 4.74 Å². The fourth-order valence-electron chi connectivity index (χ4n) is 2.25. The standard InChI is InChI=1S/C14H19N3O3S/c1-10-6-13(7-11(2)14(10)20-5)21(18,19)17(4)12-8-15-16(3)9-12/h6-9H,1-5H3. The summed E-state index contributed by atoms with van der Waals surface area (Å²) in [6.07, 6.45) is 3.17. The van der Waals surface area contributed by atoms with E-state index in [1.165, 1.54) is 17.5 Å². The molecule has 114 valence electrons. The molecule has 1 heterocycles. The Hall–Kier alpha value is -2.02. The minimum Gasteiger partial charge on any atom is -0.496 e. The van der Waals surface area contributed by atoms with Crippen molar-refractivity contribution in [2.75, 3.05) is 18.5 Å². The van der Waals surface area contributed by atoms with Crippen LogP contribution in [0.2, 0.25) is 0 Å². The second-order valence-corrected chi connectivity index (χ2v) is 6.90. The molecule has 0 aliphatic carbocycles. The molecule has 0 fully saturated rings. The third kappa shape index (κ3) is 2.73. The van der Waals surface area contributed by atoms with Crippen LogP contribution in [0.25, 0.3) is 0 Å². The fourth-order valence-corrected chi connectivity index (χ4v) is 3.59. The van der Waals surface area contributed by atoms with Crippen LogP contribution in [0.3, 0.4) is 0 Å². The summed E-state index contributed by atoms with van der Waals surface area (Å²) in [6.45, 7) is 3.66. The third-order valence-electron chi connectivity index (χ3n) is 3.35. The normalized spacial score (nSPS) is 11.5. The smallest absolute Gasteiger partial charge is 0.264 e. The molecule has 0 bridgehead atoms. The van der Waals surface area contributed by atoms with E-state index in [1.54, 1.807) is 37.2 Å². The lowest BCUT2D eigenvalue weighted by atomic mass is 10.1. The summed E-state index contributed by atoms with van der Waals surface area (Å²) < 4.78 is 33.4. The van der Waals surface area contributed by atoms with Crippen LogP contribution < -0.4 is 9.04 Å². The summed E-state index contributed by atoms with van der Waals surface area (Å²) in [7, 11) is 1.21. The Balaban J connectivity index is 2.49. The maximum atomic E-state index is 12.7. The van der Waals surface area contributed by atoms with Crippen LogP contribution in [-0.4, -0.2) is 32.4 Å². The van der Waals surface area contributed by atoms with Gasteiger partial charge in [-0.2, -0.15) is 5.10 Å². The van der Waals surface area contributed by atoms with E-state index in [1.807, 2.05) is 13.8 Å². The SMILES string of the molecule is COc1c(C)cc(S(=O)(=O)N(C)c2cnn(C)c2)cc1C. The number of anilines is 1. The van der Waals surface area contributed by atoms with E-state index in [-0.39, 0.29) is 4.90 Å². The van der Waals surface area contributed by atoms with Gasteiger partial charge in [-0.1, -0.05) is 0 Å². The molecule has 0 spiro atoms. The molecule has 1 aromatic heterocycles. The first-order chi connectivity index (χ1) is 9.77. The average molecular weight is 309 g/mol. The molecule has 0 aliphatic rings. The van der Waals surface area contributed by atoms with Crippen LogP contribution in [0.15, 0.2) is 29.4 Å². The quantitative estimate of drug-likeness (QED) is 0.865. The molecule has 0 saturated carbocycles. The first-order valence-electron chi connectivity index (χ1n) is 6.40. The number of sulfonamides is 1. The Labute approximate surface area is 125 Å². The van der Waals surface area contributed by atoms with E-state index in [2.05, 4.69) is 5.10 Å². The first kappa shape index (κ1) is 15.4. The van der Waals surface area contributed by atoms with Gasteiger partial charge in [-0.3, -0.25) is 8.99 Å². The zero-order valence-corrected chi connectivity index (χ0v) is 13.6. The monoisotopic (exact) mass is 309 g/mol. The fraction of sp³-hybridized carbons (Fsp3) is 0.357. The molecule has 0 saturated heterocycles. The van der Waals surface area contributed by atoms with Gasteiger partial charge in [0, 0.05) is 20.3 Å². The largest absolute Gasteiger partial charge is 0.496 e. The molecular weight excluding hydrogens is 290 g/mol. The summed E-state index contributed by atoms with van der Waals surface area (Å²) >= 11 is 0. The molecule has 0 N–H and O–H groups in total. The Kier molecular flexibility index (Phi) is 3.95. The first-order valence-corrected chi connectivity index (χ1v) is 7.84. The second kappa shape index (κ2) is 5.40. The Bertz CT molecular complexity index is 743. The van der Waals surface area contributed by atoms with Crippen molar-refractivity contribution in [3.63, 3.8) is 0 Å². The van der Waals surface area contributed by atoms with Gasteiger partial charge in [-0.05, 0) is 37.1 Å². The molecule has 0 aliphatic heterocycles. The van der Waals surface area contributed by atoms with Gasteiger partial charge in [0.1, 0.15) is 5.75 Å². The lowest BCUT2D eigenvalue weighted by molar-refractivity contribution is 0.408. The number of aromatic nitrogens is 2. The lowest BCUT2D eigenvalue weighted by Crippen LogP contribution is -2.26. The van der Waals surface area contributed by atoms with Crippen molar-refractivity contribution in [3.8, 4) is 5.75 Å². The predicted molar refractivity (Wildman–Crippen MR) is 81.3 cm³/mol. The van der Waals surface area contributed by atoms with Crippen LogP contribution in [-0.2, 0) is 17.1 Å². The number of benzene rings is 1. The molecule has 21 heavy (non-hydrogen) atoms. The van der Waals surface area contributed by atoms with Crippen LogP contribution >= 0.6 is 0 Å². The van der Waals surface area contributed by atoms with E-state index in [0.29, 0.717) is 11.4 Å². The van der Waals surface area contributed by atoms with Crippen molar-refractivity contribution in [2.24, 2.45) is 7.05 Å². The van der Waals surface area contributed by atoms with Crippen molar-refractivity contribution in [1.82, 2.24) is 9.78 Å². The molecule has 0 amide bonds. The highest BCUT2D eigenvalue weighted by Gasteiger charge is 2.23. The molecular formula is C14H19N3O3S. The van der Waals surface area contributed by atoms with Gasteiger partial charge in [0.15, 0.2) is 0 Å². The molecule has 1 aromatic carbocycles.